The second-order valence-electron chi connectivity index (χ2n) is 8.90. The summed E-state index contributed by atoms with van der Waals surface area (Å²) in [5.74, 6) is 0.947. The van der Waals surface area contributed by atoms with Crippen LogP contribution in [0.3, 0.4) is 0 Å². The quantitative estimate of drug-likeness (QED) is 0.755. The Morgan fingerprint density at radius 1 is 1.12 bits per heavy atom. The summed E-state index contributed by atoms with van der Waals surface area (Å²) in [5.41, 5.74) is 1.44. The number of carbonyl (C=O) groups excluding carboxylic acids is 2. The van der Waals surface area contributed by atoms with Crippen molar-refractivity contribution in [1.82, 2.24) is 15.1 Å². The van der Waals surface area contributed by atoms with Gasteiger partial charge in [0.2, 0.25) is 5.91 Å². The maximum atomic E-state index is 13.5. The molecule has 0 saturated carbocycles. The van der Waals surface area contributed by atoms with Crippen molar-refractivity contribution < 1.29 is 14.3 Å². The van der Waals surface area contributed by atoms with Crippen molar-refractivity contribution in [2.24, 2.45) is 0 Å². The fraction of sp³-hybridized carbons (Fsp3) is 0.462. The van der Waals surface area contributed by atoms with E-state index in [0.717, 1.165) is 30.6 Å². The molecule has 1 spiro atoms. The lowest BCUT2D eigenvalue weighted by Gasteiger charge is -2.46. The van der Waals surface area contributed by atoms with Crippen LogP contribution in [-0.2, 0) is 11.2 Å². The third-order valence-corrected chi connectivity index (χ3v) is 6.97. The fourth-order valence-corrected chi connectivity index (χ4v) is 5.03. The molecule has 2 heterocycles. The zero-order valence-corrected chi connectivity index (χ0v) is 19.2. The van der Waals surface area contributed by atoms with Crippen molar-refractivity contribution in [3.8, 4) is 5.75 Å². The first-order valence-electron chi connectivity index (χ1n) is 11.6. The molecule has 2 atom stereocenters. The number of piperidine rings is 1. The van der Waals surface area contributed by atoms with Crippen LogP contribution >= 0.6 is 0 Å². The smallest absolute Gasteiger partial charge is 0.253 e. The summed E-state index contributed by atoms with van der Waals surface area (Å²) < 4.78 is 5.19. The minimum Gasteiger partial charge on any atom is -0.497 e. The molecule has 2 fully saturated rings. The molecule has 32 heavy (non-hydrogen) atoms. The van der Waals surface area contributed by atoms with Crippen LogP contribution in [0.5, 0.6) is 5.75 Å². The largest absolute Gasteiger partial charge is 0.497 e. The van der Waals surface area contributed by atoms with Gasteiger partial charge in [-0.3, -0.25) is 14.9 Å². The zero-order valence-electron chi connectivity index (χ0n) is 19.2. The molecule has 0 unspecified atom stereocenters. The van der Waals surface area contributed by atoms with E-state index in [1.807, 2.05) is 47.4 Å². The molecule has 6 nitrogen and oxygen atoms in total. The fourth-order valence-electron chi connectivity index (χ4n) is 5.03. The lowest BCUT2D eigenvalue weighted by Crippen LogP contribution is -2.61. The summed E-state index contributed by atoms with van der Waals surface area (Å²) in [6.45, 7) is 5.49. The molecular formula is C26H33N3O3. The number of likely N-dealkylation sites (tertiary alicyclic amines) is 1. The molecule has 2 amide bonds. The van der Waals surface area contributed by atoms with Gasteiger partial charge in [0, 0.05) is 37.5 Å². The molecule has 4 rings (SSSR count). The molecule has 0 radical (unpaired) electrons. The van der Waals surface area contributed by atoms with E-state index in [9.17, 15) is 9.59 Å². The lowest BCUT2D eigenvalue weighted by atomic mass is 9.93. The van der Waals surface area contributed by atoms with Gasteiger partial charge in [0.1, 0.15) is 5.75 Å². The maximum absolute atomic E-state index is 13.5. The molecule has 2 aliphatic heterocycles. The summed E-state index contributed by atoms with van der Waals surface area (Å²) in [5, 5.41) is 3.71. The summed E-state index contributed by atoms with van der Waals surface area (Å²) in [7, 11) is 1.62. The second-order valence-corrected chi connectivity index (χ2v) is 8.90. The Hall–Kier alpha value is -2.86. The Morgan fingerprint density at radius 3 is 2.38 bits per heavy atom. The Morgan fingerprint density at radius 2 is 1.78 bits per heavy atom. The number of amides is 2. The predicted molar refractivity (Wildman–Crippen MR) is 125 cm³/mol. The van der Waals surface area contributed by atoms with Crippen LogP contribution in [-0.4, -0.2) is 59.6 Å². The summed E-state index contributed by atoms with van der Waals surface area (Å²) in [6, 6.07) is 17.3. The lowest BCUT2D eigenvalue weighted by molar-refractivity contribution is -0.136. The van der Waals surface area contributed by atoms with Crippen molar-refractivity contribution in [3.05, 3.63) is 65.7 Å². The van der Waals surface area contributed by atoms with Crippen molar-refractivity contribution >= 4 is 11.8 Å². The number of ether oxygens (including phenoxy) is 1. The van der Waals surface area contributed by atoms with Crippen molar-refractivity contribution in [2.75, 3.05) is 20.2 Å². The second kappa shape index (κ2) is 9.33. The van der Waals surface area contributed by atoms with Crippen LogP contribution < -0.4 is 10.1 Å². The van der Waals surface area contributed by atoms with Crippen molar-refractivity contribution in [3.63, 3.8) is 0 Å². The van der Waals surface area contributed by atoms with Gasteiger partial charge in [0.05, 0.1) is 18.8 Å². The highest BCUT2D eigenvalue weighted by molar-refractivity contribution is 5.94. The van der Waals surface area contributed by atoms with Crippen LogP contribution in [0.25, 0.3) is 0 Å². The minimum absolute atomic E-state index is 0.0303. The van der Waals surface area contributed by atoms with Crippen molar-refractivity contribution in [2.45, 2.75) is 57.3 Å². The molecular weight excluding hydrogens is 402 g/mol. The number of hydrogen-bond acceptors (Lipinski definition) is 4. The van der Waals surface area contributed by atoms with E-state index in [4.69, 9.17) is 4.74 Å². The molecule has 1 N–H and O–H groups in total. The first-order valence-corrected chi connectivity index (χ1v) is 11.6. The molecule has 2 saturated heterocycles. The molecule has 170 valence electrons. The molecule has 0 aliphatic carbocycles. The van der Waals surface area contributed by atoms with Crippen LogP contribution in [0, 0.1) is 0 Å². The van der Waals surface area contributed by atoms with Crippen molar-refractivity contribution in [1.29, 1.82) is 0 Å². The van der Waals surface area contributed by atoms with Gasteiger partial charge in [0.25, 0.3) is 5.91 Å². The molecule has 2 aromatic rings. The third-order valence-electron chi connectivity index (χ3n) is 6.97. The zero-order chi connectivity index (χ0) is 22.7. The molecule has 0 bridgehead atoms. The average molecular weight is 436 g/mol. The van der Waals surface area contributed by atoms with Crippen LogP contribution in [0.15, 0.2) is 54.6 Å². The third kappa shape index (κ3) is 4.24. The summed E-state index contributed by atoms with van der Waals surface area (Å²) in [4.78, 5) is 30.5. The molecule has 6 heteroatoms. The van der Waals surface area contributed by atoms with Gasteiger partial charge in [-0.05, 0) is 49.6 Å². The maximum Gasteiger partial charge on any atom is 0.253 e. The Kier molecular flexibility index (Phi) is 6.51. The number of hydrogen-bond donors (Lipinski definition) is 1. The van der Waals surface area contributed by atoms with Gasteiger partial charge in [-0.2, -0.15) is 0 Å². The molecule has 0 aromatic heterocycles. The van der Waals surface area contributed by atoms with Gasteiger partial charge in [-0.25, -0.2) is 0 Å². The number of nitrogens with one attached hydrogen (secondary N) is 1. The van der Waals surface area contributed by atoms with Gasteiger partial charge >= 0.3 is 0 Å². The number of nitrogens with zero attached hydrogens (tertiary/aromatic N) is 2. The number of benzene rings is 2. The monoisotopic (exact) mass is 435 g/mol. The number of rotatable bonds is 6. The van der Waals surface area contributed by atoms with E-state index in [-0.39, 0.29) is 29.6 Å². The first-order chi connectivity index (χ1) is 15.5. The van der Waals surface area contributed by atoms with Crippen LogP contribution in [0.4, 0.5) is 0 Å². The first kappa shape index (κ1) is 22.3. The van der Waals surface area contributed by atoms with E-state index >= 15 is 0 Å². The molecule has 2 aromatic carbocycles. The summed E-state index contributed by atoms with van der Waals surface area (Å²) in [6.07, 6.45) is 3.05. The van der Waals surface area contributed by atoms with E-state index in [0.29, 0.717) is 25.1 Å². The SMILES string of the molecule is CC[C@H](C)N1C(=O)[C@@H](Cc2ccccc2)NC12CCN(C(=O)c1ccc(OC)cc1)CC2. The Balaban J connectivity index is 1.49. The standard InChI is InChI=1S/C26H33N3O3/c1-4-19(2)29-25(31)23(18-20-8-6-5-7-9-20)27-26(29)14-16-28(17-15-26)24(30)21-10-12-22(32-3)13-11-21/h5-13,19,23,27H,4,14-18H2,1-3H3/t19-,23+/m0/s1. The van der Waals surface area contributed by atoms with Gasteiger partial charge < -0.3 is 14.5 Å². The van der Waals surface area contributed by atoms with E-state index in [2.05, 4.69) is 36.2 Å². The Labute approximate surface area is 190 Å². The van der Waals surface area contributed by atoms with Gasteiger partial charge in [0.15, 0.2) is 0 Å². The van der Waals surface area contributed by atoms with E-state index in [1.165, 1.54) is 0 Å². The van der Waals surface area contributed by atoms with Crippen LogP contribution in [0.2, 0.25) is 0 Å². The highest BCUT2D eigenvalue weighted by Gasteiger charge is 2.52. The van der Waals surface area contributed by atoms with E-state index in [1.54, 1.807) is 7.11 Å². The topological polar surface area (TPSA) is 61.9 Å². The molecule has 2 aliphatic rings. The number of methoxy groups -OCH3 is 1. The van der Waals surface area contributed by atoms with E-state index < -0.39 is 0 Å². The minimum atomic E-state index is -0.386. The Bertz CT molecular complexity index is 937. The normalized spacial score (nSPS) is 21.1. The predicted octanol–water partition coefficient (Wildman–Crippen LogP) is 3.47. The van der Waals surface area contributed by atoms with Gasteiger partial charge in [-0.1, -0.05) is 37.3 Å². The number of carbonyl (C=O) groups is 2. The highest BCUT2D eigenvalue weighted by Crippen LogP contribution is 2.36. The van der Waals surface area contributed by atoms with Gasteiger partial charge in [-0.15, -0.1) is 0 Å². The van der Waals surface area contributed by atoms with Crippen LogP contribution in [0.1, 0.15) is 49.0 Å². The highest BCUT2D eigenvalue weighted by atomic mass is 16.5. The summed E-state index contributed by atoms with van der Waals surface area (Å²) >= 11 is 0. The average Bonchev–Trinajstić information content (AvgIpc) is 3.09.